The number of methoxy groups -OCH3 is 3. The molecule has 9 heteroatoms. The molecule has 0 fully saturated rings. The fraction of sp³-hybridized carbons (Fsp3) is 0.278. The molecule has 0 aromatic heterocycles. The number of esters is 2. The van der Waals surface area contributed by atoms with E-state index in [-0.39, 0.29) is 17.6 Å². The predicted molar refractivity (Wildman–Crippen MR) is 91.0 cm³/mol. The van der Waals surface area contributed by atoms with Crippen LogP contribution in [0.1, 0.15) is 17.0 Å². The van der Waals surface area contributed by atoms with E-state index in [1.54, 1.807) is 12.1 Å². The van der Waals surface area contributed by atoms with E-state index < -0.39 is 29.7 Å². The quantitative estimate of drug-likeness (QED) is 0.441. The Labute approximate surface area is 155 Å². The first-order valence-electron chi connectivity index (χ1n) is 7.70. The molecule has 0 unspecified atom stereocenters. The van der Waals surface area contributed by atoms with Gasteiger partial charge in [-0.05, 0) is 11.6 Å². The summed E-state index contributed by atoms with van der Waals surface area (Å²) in [6, 6.07) is 6.75. The van der Waals surface area contributed by atoms with Crippen molar-refractivity contribution < 1.29 is 33.6 Å². The van der Waals surface area contributed by atoms with Gasteiger partial charge in [0.2, 0.25) is 5.88 Å². The smallest absolute Gasteiger partial charge is 0.348 e. The second-order valence-electron chi connectivity index (χ2n) is 5.42. The Kier molecular flexibility index (Phi) is 5.92. The van der Waals surface area contributed by atoms with Crippen molar-refractivity contribution in [2.75, 3.05) is 21.3 Å². The number of aliphatic hydroxyl groups excluding tert-OH is 1. The minimum absolute atomic E-state index is 0.101. The van der Waals surface area contributed by atoms with Crippen LogP contribution in [-0.2, 0) is 30.2 Å². The van der Waals surface area contributed by atoms with Gasteiger partial charge in [0.25, 0.3) is 5.95 Å². The summed E-state index contributed by atoms with van der Waals surface area (Å²) in [5.74, 6) is -3.73. The maximum atomic E-state index is 12.3. The van der Waals surface area contributed by atoms with Gasteiger partial charge in [0.15, 0.2) is 0 Å². The minimum Gasteiger partial charge on any atom is -0.496 e. The Balaban J connectivity index is 2.76. The summed E-state index contributed by atoms with van der Waals surface area (Å²) in [6.45, 7) is 0. The Morgan fingerprint density at radius 2 is 2.04 bits per heavy atom. The molecule has 0 aliphatic carbocycles. The summed E-state index contributed by atoms with van der Waals surface area (Å²) in [4.78, 5) is 24.6. The number of nitrogens with zero attached hydrogens (tertiary/aromatic N) is 1. The fourth-order valence-corrected chi connectivity index (χ4v) is 2.77. The highest BCUT2D eigenvalue weighted by atomic mass is 16.6. The van der Waals surface area contributed by atoms with Crippen LogP contribution in [0, 0.1) is 11.3 Å². The lowest BCUT2D eigenvalue weighted by atomic mass is 9.82. The van der Waals surface area contributed by atoms with Gasteiger partial charge in [-0.2, -0.15) is 5.26 Å². The van der Waals surface area contributed by atoms with Crippen molar-refractivity contribution >= 4 is 11.9 Å². The Bertz CT molecular complexity index is 880. The monoisotopic (exact) mass is 374 g/mol. The Hall–Kier alpha value is -3.67. The minimum atomic E-state index is -1.12. The summed E-state index contributed by atoms with van der Waals surface area (Å²) in [5.41, 5.74) is 6.24. The number of benzene rings is 1. The predicted octanol–water partition coefficient (Wildman–Crippen LogP) is 1.16. The molecule has 1 aliphatic rings. The molecular weight excluding hydrogens is 356 g/mol. The van der Waals surface area contributed by atoms with E-state index in [0.29, 0.717) is 16.9 Å². The van der Waals surface area contributed by atoms with Gasteiger partial charge in [0, 0.05) is 5.56 Å². The zero-order chi connectivity index (χ0) is 20.1. The highest BCUT2D eigenvalue weighted by Crippen LogP contribution is 2.41. The first kappa shape index (κ1) is 19.7. The van der Waals surface area contributed by atoms with Gasteiger partial charge in [-0.1, -0.05) is 12.1 Å². The Morgan fingerprint density at radius 3 is 2.59 bits per heavy atom. The molecule has 142 valence electrons. The molecule has 1 aromatic rings. The van der Waals surface area contributed by atoms with E-state index in [1.807, 2.05) is 6.07 Å². The number of cyclic esters (lactones) is 1. The van der Waals surface area contributed by atoms with Gasteiger partial charge >= 0.3 is 11.9 Å². The van der Waals surface area contributed by atoms with Gasteiger partial charge in [-0.25, -0.2) is 9.59 Å². The van der Waals surface area contributed by atoms with Crippen molar-refractivity contribution in [1.29, 1.82) is 5.26 Å². The largest absolute Gasteiger partial charge is 0.496 e. The van der Waals surface area contributed by atoms with Crippen LogP contribution >= 0.6 is 0 Å². The van der Waals surface area contributed by atoms with Crippen LogP contribution in [0.5, 0.6) is 5.75 Å². The molecule has 0 spiro atoms. The standard InChI is InChI=1S/C18H18N2O7/c1-24-11-8-10(5-4-9(11)6-7-19)12-13(16(21)25-2)15(20)27-18(23)14(12)17(22)26-3/h4-5,8,12,22H,6,20H2,1-3H3/t12-/m0/s1. The van der Waals surface area contributed by atoms with Gasteiger partial charge in [-0.15, -0.1) is 0 Å². The second-order valence-corrected chi connectivity index (χ2v) is 5.42. The number of carbonyl (C=O) groups excluding carboxylic acids is 2. The van der Waals surface area contributed by atoms with Crippen molar-refractivity contribution in [2.45, 2.75) is 12.3 Å². The maximum Gasteiger partial charge on any atom is 0.348 e. The number of ether oxygens (including phenoxy) is 4. The zero-order valence-electron chi connectivity index (χ0n) is 14.9. The molecule has 0 saturated carbocycles. The molecule has 1 atom stereocenters. The Morgan fingerprint density at radius 1 is 1.33 bits per heavy atom. The summed E-state index contributed by atoms with van der Waals surface area (Å²) >= 11 is 0. The van der Waals surface area contributed by atoms with E-state index in [2.05, 4.69) is 0 Å². The number of hydrogen-bond acceptors (Lipinski definition) is 9. The SMILES string of the molecule is COC(=O)C1=C(N)OC(=O)C(=C(O)OC)[C@H]1c1ccc(CC#N)c(OC)c1. The van der Waals surface area contributed by atoms with Crippen molar-refractivity contribution in [1.82, 2.24) is 0 Å². The molecule has 0 bridgehead atoms. The summed E-state index contributed by atoms with van der Waals surface area (Å²) in [7, 11) is 3.72. The lowest BCUT2D eigenvalue weighted by Gasteiger charge is -2.27. The number of carbonyl (C=O) groups is 2. The molecule has 27 heavy (non-hydrogen) atoms. The number of hydrogen-bond donors (Lipinski definition) is 2. The first-order valence-corrected chi connectivity index (χ1v) is 7.70. The molecule has 9 nitrogen and oxygen atoms in total. The first-order chi connectivity index (χ1) is 12.9. The van der Waals surface area contributed by atoms with Gasteiger partial charge in [-0.3, -0.25) is 0 Å². The van der Waals surface area contributed by atoms with Crippen LogP contribution in [0.3, 0.4) is 0 Å². The van der Waals surface area contributed by atoms with E-state index in [1.165, 1.54) is 13.2 Å². The summed E-state index contributed by atoms with van der Waals surface area (Å²) in [6.07, 6.45) is 0.101. The molecule has 0 amide bonds. The normalized spacial score (nSPS) is 18.3. The van der Waals surface area contributed by atoms with Crippen LogP contribution < -0.4 is 10.5 Å². The van der Waals surface area contributed by atoms with Crippen molar-refractivity contribution in [3.63, 3.8) is 0 Å². The van der Waals surface area contributed by atoms with E-state index in [4.69, 9.17) is 29.9 Å². The number of nitriles is 1. The average molecular weight is 374 g/mol. The van der Waals surface area contributed by atoms with Gasteiger partial charge < -0.3 is 29.8 Å². The molecule has 1 aliphatic heterocycles. The fourth-order valence-electron chi connectivity index (χ4n) is 2.77. The molecule has 3 N–H and O–H groups in total. The van der Waals surface area contributed by atoms with E-state index in [0.717, 1.165) is 14.2 Å². The second kappa shape index (κ2) is 8.14. The van der Waals surface area contributed by atoms with Crippen LogP contribution in [0.25, 0.3) is 0 Å². The van der Waals surface area contributed by atoms with Gasteiger partial charge in [0.05, 0.1) is 39.7 Å². The van der Waals surface area contributed by atoms with Crippen LogP contribution in [0.4, 0.5) is 0 Å². The topological polar surface area (TPSA) is 141 Å². The third kappa shape index (κ3) is 3.64. The molecule has 1 heterocycles. The van der Waals surface area contributed by atoms with Crippen LogP contribution in [0.15, 0.2) is 41.2 Å². The van der Waals surface area contributed by atoms with Crippen molar-refractivity contribution in [3.05, 3.63) is 52.3 Å². The molecule has 1 aromatic carbocycles. The highest BCUT2D eigenvalue weighted by Gasteiger charge is 2.42. The average Bonchev–Trinajstić information content (AvgIpc) is 2.66. The third-order valence-electron chi connectivity index (χ3n) is 4.01. The highest BCUT2D eigenvalue weighted by molar-refractivity contribution is 6.01. The zero-order valence-corrected chi connectivity index (χ0v) is 14.9. The summed E-state index contributed by atoms with van der Waals surface area (Å²) < 4.78 is 19.7. The van der Waals surface area contributed by atoms with E-state index in [9.17, 15) is 14.7 Å². The van der Waals surface area contributed by atoms with Crippen LogP contribution in [-0.4, -0.2) is 38.4 Å². The van der Waals surface area contributed by atoms with E-state index >= 15 is 0 Å². The van der Waals surface area contributed by atoms with Crippen molar-refractivity contribution in [2.24, 2.45) is 5.73 Å². The lowest BCUT2D eigenvalue weighted by molar-refractivity contribution is -0.140. The number of nitrogens with two attached hydrogens (primary N) is 1. The maximum absolute atomic E-state index is 12.3. The molecule has 2 rings (SSSR count). The molecule has 0 saturated heterocycles. The van der Waals surface area contributed by atoms with Crippen molar-refractivity contribution in [3.8, 4) is 11.8 Å². The number of rotatable bonds is 5. The molecule has 0 radical (unpaired) electrons. The summed E-state index contributed by atoms with van der Waals surface area (Å²) in [5, 5.41) is 19.0. The lowest BCUT2D eigenvalue weighted by Crippen LogP contribution is -2.32. The third-order valence-corrected chi connectivity index (χ3v) is 4.01. The number of aliphatic hydroxyl groups is 1. The molecular formula is C18H18N2O7. The van der Waals surface area contributed by atoms with Crippen LogP contribution in [0.2, 0.25) is 0 Å². The van der Waals surface area contributed by atoms with Gasteiger partial charge in [0.1, 0.15) is 16.9 Å².